The molecule has 0 N–H and O–H groups in total. The highest BCUT2D eigenvalue weighted by Crippen LogP contribution is 2.29. The molecule has 0 heterocycles. The van der Waals surface area contributed by atoms with Crippen LogP contribution in [-0.4, -0.2) is 0 Å². The third kappa shape index (κ3) is 3.32. The molecule has 1 rings (SSSR count). The zero-order valence-corrected chi connectivity index (χ0v) is 10.8. The summed E-state index contributed by atoms with van der Waals surface area (Å²) in [4.78, 5) is 0. The molecule has 1 aromatic rings. The van der Waals surface area contributed by atoms with Crippen LogP contribution in [0.4, 0.5) is 0 Å². The van der Waals surface area contributed by atoms with Crippen molar-refractivity contribution in [2.45, 2.75) is 27.2 Å². The van der Waals surface area contributed by atoms with E-state index in [4.69, 9.17) is 0 Å². The predicted octanol–water partition coefficient (Wildman–Crippen LogP) is 4.03. The van der Waals surface area contributed by atoms with Crippen molar-refractivity contribution in [3.8, 4) is 0 Å². The van der Waals surface area contributed by atoms with Crippen molar-refractivity contribution in [2.24, 2.45) is 0 Å². The molecule has 0 aliphatic carbocycles. The maximum Gasteiger partial charge on any atom is -0.0194 e. The van der Waals surface area contributed by atoms with Crippen LogP contribution >= 0.6 is 8.58 Å². The van der Waals surface area contributed by atoms with Crippen LogP contribution in [0.25, 0.3) is 0 Å². The topological polar surface area (TPSA) is 0 Å². The zero-order valence-electron chi connectivity index (χ0n) is 9.80. The Balaban J connectivity index is 2.93. The van der Waals surface area contributed by atoms with Crippen molar-refractivity contribution in [3.05, 3.63) is 53.4 Å². The van der Waals surface area contributed by atoms with E-state index in [1.807, 2.05) is 0 Å². The molecule has 0 fully saturated rings. The van der Waals surface area contributed by atoms with Gasteiger partial charge < -0.3 is 0 Å². The number of rotatable bonds is 4. The third-order valence-electron chi connectivity index (χ3n) is 2.42. The molecular formula is C14H19P. The molecule has 1 aromatic carbocycles. The molecule has 0 spiro atoms. The second-order valence-electron chi connectivity index (χ2n) is 3.62. The van der Waals surface area contributed by atoms with Gasteiger partial charge in [0.05, 0.1) is 0 Å². The Hall–Kier alpha value is -0.870. The van der Waals surface area contributed by atoms with Gasteiger partial charge in [-0.05, 0) is 36.5 Å². The lowest BCUT2D eigenvalue weighted by Crippen LogP contribution is -2.02. The molecule has 0 aliphatic rings. The fourth-order valence-corrected chi connectivity index (χ4v) is 2.77. The molecule has 0 aromatic heterocycles. The van der Waals surface area contributed by atoms with E-state index in [1.54, 1.807) is 0 Å². The number of allylic oxidation sites excluding steroid dienone is 3. The molecule has 0 bridgehead atoms. The molecule has 0 aliphatic heterocycles. The maximum atomic E-state index is 4.02. The van der Waals surface area contributed by atoms with Gasteiger partial charge in [0.25, 0.3) is 0 Å². The third-order valence-corrected chi connectivity index (χ3v) is 4.16. The van der Waals surface area contributed by atoms with Crippen LogP contribution in [0.15, 0.2) is 47.8 Å². The minimum atomic E-state index is 0.743. The van der Waals surface area contributed by atoms with E-state index in [1.165, 1.54) is 21.8 Å². The molecule has 15 heavy (non-hydrogen) atoms. The van der Waals surface area contributed by atoms with E-state index in [0.29, 0.717) is 0 Å². The molecule has 0 radical (unpaired) electrons. The second kappa shape index (κ2) is 5.88. The van der Waals surface area contributed by atoms with Crippen molar-refractivity contribution >= 4 is 13.9 Å². The number of hydrogen-bond donors (Lipinski definition) is 0. The summed E-state index contributed by atoms with van der Waals surface area (Å²) in [6.45, 7) is 10.4. The van der Waals surface area contributed by atoms with Crippen molar-refractivity contribution in [2.75, 3.05) is 0 Å². The first-order chi connectivity index (χ1) is 7.19. The summed E-state index contributed by atoms with van der Waals surface area (Å²) in [5.41, 5.74) is 2.64. The van der Waals surface area contributed by atoms with Crippen LogP contribution in [0, 0.1) is 0 Å². The first kappa shape index (κ1) is 12.2. The molecular weight excluding hydrogens is 199 g/mol. The molecule has 0 nitrogen and oxygen atoms in total. The Kier molecular flexibility index (Phi) is 4.78. The van der Waals surface area contributed by atoms with Crippen molar-refractivity contribution in [3.63, 3.8) is 0 Å². The summed E-state index contributed by atoms with van der Waals surface area (Å²) >= 11 is 0. The highest BCUT2D eigenvalue weighted by atomic mass is 31.1. The van der Waals surface area contributed by atoms with Gasteiger partial charge in [-0.15, -0.1) is 0 Å². The molecule has 0 saturated carbocycles. The Labute approximate surface area is 94.9 Å². The SMILES string of the molecule is C=C(C)/C(=C\C)Pc1ccccc1CC. The fourth-order valence-electron chi connectivity index (χ4n) is 1.52. The van der Waals surface area contributed by atoms with E-state index in [2.05, 4.69) is 57.7 Å². The second-order valence-corrected chi connectivity index (χ2v) is 4.95. The molecule has 1 unspecified atom stereocenters. The number of hydrogen-bond acceptors (Lipinski definition) is 0. The summed E-state index contributed by atoms with van der Waals surface area (Å²) in [7, 11) is 0.743. The number of aryl methyl sites for hydroxylation is 1. The van der Waals surface area contributed by atoms with E-state index in [-0.39, 0.29) is 0 Å². The molecule has 0 amide bonds. The van der Waals surface area contributed by atoms with Crippen LogP contribution in [0.3, 0.4) is 0 Å². The van der Waals surface area contributed by atoms with Gasteiger partial charge >= 0.3 is 0 Å². The lowest BCUT2D eigenvalue weighted by atomic mass is 10.2. The van der Waals surface area contributed by atoms with E-state index in [0.717, 1.165) is 15.0 Å². The Morgan fingerprint density at radius 3 is 2.60 bits per heavy atom. The van der Waals surface area contributed by atoms with Crippen LogP contribution in [0.2, 0.25) is 0 Å². The first-order valence-corrected chi connectivity index (χ1v) is 6.36. The van der Waals surface area contributed by atoms with E-state index >= 15 is 0 Å². The number of benzene rings is 1. The summed E-state index contributed by atoms with van der Waals surface area (Å²) in [6.07, 6.45) is 3.28. The lowest BCUT2D eigenvalue weighted by Gasteiger charge is -2.10. The van der Waals surface area contributed by atoms with Gasteiger partial charge in [0.15, 0.2) is 0 Å². The van der Waals surface area contributed by atoms with Gasteiger partial charge in [-0.25, -0.2) is 0 Å². The zero-order chi connectivity index (χ0) is 11.3. The first-order valence-electron chi connectivity index (χ1n) is 5.36. The summed E-state index contributed by atoms with van der Waals surface area (Å²) in [5, 5.41) is 2.83. The average Bonchev–Trinajstić information content (AvgIpc) is 2.25. The molecule has 1 atom stereocenters. The van der Waals surface area contributed by atoms with Gasteiger partial charge in [0, 0.05) is 0 Å². The standard InChI is InChI=1S/C14H19P/c1-5-12-9-7-8-10-14(12)15-13(6-2)11(3)4/h6-10,15H,3,5H2,1-2,4H3/b13-6+. The van der Waals surface area contributed by atoms with Crippen molar-refractivity contribution in [1.82, 2.24) is 0 Å². The van der Waals surface area contributed by atoms with Gasteiger partial charge in [-0.1, -0.05) is 58.0 Å². The van der Waals surface area contributed by atoms with Crippen molar-refractivity contribution < 1.29 is 0 Å². The predicted molar refractivity (Wildman–Crippen MR) is 72.3 cm³/mol. The largest absolute Gasteiger partial charge is 0.0955 e. The summed E-state index contributed by atoms with van der Waals surface area (Å²) in [6, 6.07) is 8.67. The minimum absolute atomic E-state index is 0.743. The van der Waals surface area contributed by atoms with Gasteiger partial charge in [-0.2, -0.15) is 0 Å². The highest BCUT2D eigenvalue weighted by Gasteiger charge is 2.03. The Morgan fingerprint density at radius 2 is 2.07 bits per heavy atom. The quantitative estimate of drug-likeness (QED) is 0.528. The lowest BCUT2D eigenvalue weighted by molar-refractivity contribution is 1.15. The minimum Gasteiger partial charge on any atom is -0.0955 e. The van der Waals surface area contributed by atoms with Gasteiger partial charge in [-0.3, -0.25) is 0 Å². The van der Waals surface area contributed by atoms with E-state index < -0.39 is 0 Å². The Bertz CT molecular complexity index is 375. The monoisotopic (exact) mass is 218 g/mol. The molecule has 80 valence electrons. The van der Waals surface area contributed by atoms with Crippen LogP contribution in [-0.2, 0) is 6.42 Å². The summed E-state index contributed by atoms with van der Waals surface area (Å²) in [5.74, 6) is 0. The molecule has 0 saturated heterocycles. The fraction of sp³-hybridized carbons (Fsp3) is 0.286. The van der Waals surface area contributed by atoms with Gasteiger partial charge in [0.1, 0.15) is 0 Å². The van der Waals surface area contributed by atoms with Crippen molar-refractivity contribution in [1.29, 1.82) is 0 Å². The maximum absolute atomic E-state index is 4.02. The Morgan fingerprint density at radius 1 is 1.40 bits per heavy atom. The van der Waals surface area contributed by atoms with E-state index in [9.17, 15) is 0 Å². The smallest absolute Gasteiger partial charge is 0.0194 e. The summed E-state index contributed by atoms with van der Waals surface area (Å²) < 4.78 is 0. The highest BCUT2D eigenvalue weighted by molar-refractivity contribution is 7.52. The normalized spacial score (nSPS) is 12.3. The molecule has 1 heteroatoms. The van der Waals surface area contributed by atoms with Crippen LogP contribution < -0.4 is 5.30 Å². The van der Waals surface area contributed by atoms with Crippen LogP contribution in [0.1, 0.15) is 26.3 Å². The van der Waals surface area contributed by atoms with Gasteiger partial charge in [0.2, 0.25) is 0 Å². The van der Waals surface area contributed by atoms with Crippen LogP contribution in [0.5, 0.6) is 0 Å². The average molecular weight is 218 g/mol.